The highest BCUT2D eigenvalue weighted by Crippen LogP contribution is 2.31. The molecule has 0 bridgehead atoms. The predicted molar refractivity (Wildman–Crippen MR) is 99.5 cm³/mol. The molecule has 1 aliphatic rings. The lowest BCUT2D eigenvalue weighted by atomic mass is 10.0. The summed E-state index contributed by atoms with van der Waals surface area (Å²) in [5, 5.41) is 29.2. The van der Waals surface area contributed by atoms with Gasteiger partial charge in [0.05, 0.1) is 28.9 Å². The summed E-state index contributed by atoms with van der Waals surface area (Å²) in [6.07, 6.45) is 2.14. The van der Waals surface area contributed by atoms with Crippen molar-refractivity contribution in [3.05, 3.63) is 53.9 Å². The Morgan fingerprint density at radius 3 is 2.70 bits per heavy atom. The molecule has 0 aliphatic carbocycles. The molecule has 3 heterocycles. The zero-order valence-corrected chi connectivity index (χ0v) is 14.4. The van der Waals surface area contributed by atoms with Gasteiger partial charge in [-0.15, -0.1) is 10.2 Å². The minimum atomic E-state index is 0.151. The van der Waals surface area contributed by atoms with Crippen LogP contribution in [0.5, 0.6) is 0 Å². The first kappa shape index (κ1) is 15.7. The van der Waals surface area contributed by atoms with Gasteiger partial charge in [-0.05, 0) is 49.7 Å². The van der Waals surface area contributed by atoms with Crippen LogP contribution in [0.4, 0.5) is 0 Å². The number of nitrogens with one attached hydrogen (secondary N) is 2. The number of aromatic amines is 1. The van der Waals surface area contributed by atoms with Gasteiger partial charge in [-0.3, -0.25) is 5.10 Å². The third kappa shape index (κ3) is 2.76. The number of hydrogen-bond acceptors (Lipinski definition) is 6. The van der Waals surface area contributed by atoms with E-state index in [1.165, 1.54) is 0 Å². The molecular weight excluding hydrogens is 340 g/mol. The lowest BCUT2D eigenvalue weighted by molar-refractivity contribution is 0.437. The van der Waals surface area contributed by atoms with Crippen LogP contribution in [0, 0.1) is 11.3 Å². The van der Waals surface area contributed by atoms with Gasteiger partial charge in [0.2, 0.25) is 11.8 Å². The summed E-state index contributed by atoms with van der Waals surface area (Å²) in [6, 6.07) is 15.6. The van der Waals surface area contributed by atoms with E-state index < -0.39 is 0 Å². The number of nitriles is 1. The number of fused-ring (bicyclic) bond motifs is 1. The van der Waals surface area contributed by atoms with Crippen LogP contribution in [0.25, 0.3) is 33.6 Å². The monoisotopic (exact) mass is 356 g/mol. The van der Waals surface area contributed by atoms with Gasteiger partial charge in [0.25, 0.3) is 0 Å². The fraction of sp³-hybridized carbons (Fsp3) is 0.200. The van der Waals surface area contributed by atoms with E-state index in [2.05, 4.69) is 31.8 Å². The summed E-state index contributed by atoms with van der Waals surface area (Å²) < 4.78 is 5.90. The quantitative estimate of drug-likeness (QED) is 0.581. The molecule has 1 atom stereocenters. The molecule has 2 N–H and O–H groups in total. The van der Waals surface area contributed by atoms with Gasteiger partial charge in [-0.1, -0.05) is 12.1 Å². The second kappa shape index (κ2) is 6.34. The highest BCUT2D eigenvalue weighted by Gasteiger charge is 2.22. The fourth-order valence-electron chi connectivity index (χ4n) is 3.46. The van der Waals surface area contributed by atoms with E-state index in [9.17, 15) is 0 Å². The van der Waals surface area contributed by atoms with Crippen molar-refractivity contribution in [2.75, 3.05) is 6.54 Å². The first-order valence-electron chi connectivity index (χ1n) is 8.87. The first-order valence-corrected chi connectivity index (χ1v) is 8.87. The maximum absolute atomic E-state index is 8.97. The van der Waals surface area contributed by atoms with Crippen LogP contribution in [-0.4, -0.2) is 26.9 Å². The standard InChI is InChI=1S/C20H16N6O/c21-11-12-3-5-13(6-4-12)18-15-10-14(7-8-16(15)23-24-18)19-25-26-20(27-19)17-2-1-9-22-17/h3-8,10,17,22H,1-2,9H2,(H,23,24). The van der Waals surface area contributed by atoms with Crippen LogP contribution in [0.3, 0.4) is 0 Å². The average Bonchev–Trinajstić information content (AvgIpc) is 3.47. The van der Waals surface area contributed by atoms with E-state index >= 15 is 0 Å². The highest BCUT2D eigenvalue weighted by molar-refractivity contribution is 5.95. The van der Waals surface area contributed by atoms with Crippen molar-refractivity contribution in [2.45, 2.75) is 18.9 Å². The Hall–Kier alpha value is -3.50. The summed E-state index contributed by atoms with van der Waals surface area (Å²) in [4.78, 5) is 0. The fourth-order valence-corrected chi connectivity index (χ4v) is 3.46. The predicted octanol–water partition coefficient (Wildman–Crippen LogP) is 3.58. The van der Waals surface area contributed by atoms with Crippen molar-refractivity contribution in [3.8, 4) is 28.8 Å². The van der Waals surface area contributed by atoms with E-state index in [0.29, 0.717) is 17.3 Å². The van der Waals surface area contributed by atoms with E-state index in [4.69, 9.17) is 9.68 Å². The molecule has 2 aromatic carbocycles. The summed E-state index contributed by atoms with van der Waals surface area (Å²) in [5.74, 6) is 1.15. The van der Waals surface area contributed by atoms with E-state index in [-0.39, 0.29) is 6.04 Å². The molecular formula is C20H16N6O. The van der Waals surface area contributed by atoms with Crippen LogP contribution in [0.15, 0.2) is 46.9 Å². The molecule has 0 spiro atoms. The number of hydrogen-bond donors (Lipinski definition) is 2. The van der Waals surface area contributed by atoms with Gasteiger partial charge < -0.3 is 9.73 Å². The molecule has 4 aromatic rings. The molecule has 0 saturated carbocycles. The zero-order chi connectivity index (χ0) is 18.2. The molecule has 1 aliphatic heterocycles. The molecule has 27 heavy (non-hydrogen) atoms. The molecule has 1 unspecified atom stereocenters. The summed E-state index contributed by atoms with van der Waals surface area (Å²) in [6.45, 7) is 0.983. The molecule has 7 nitrogen and oxygen atoms in total. The molecule has 7 heteroatoms. The van der Waals surface area contributed by atoms with E-state index in [1.807, 2.05) is 30.3 Å². The van der Waals surface area contributed by atoms with Gasteiger partial charge in [0.1, 0.15) is 0 Å². The second-order valence-electron chi connectivity index (χ2n) is 6.62. The molecule has 132 valence electrons. The Bertz CT molecular complexity index is 1150. The SMILES string of the molecule is N#Cc1ccc(-c2n[nH]c3ccc(-c4nnc(C5CCCN5)o4)cc23)cc1. The van der Waals surface area contributed by atoms with Gasteiger partial charge in [-0.25, -0.2) is 0 Å². The number of benzene rings is 2. The highest BCUT2D eigenvalue weighted by atomic mass is 16.4. The van der Waals surface area contributed by atoms with E-state index in [0.717, 1.165) is 47.1 Å². The van der Waals surface area contributed by atoms with Gasteiger partial charge in [-0.2, -0.15) is 10.4 Å². The Morgan fingerprint density at radius 1 is 1.07 bits per heavy atom. The normalized spacial score (nSPS) is 16.6. The minimum Gasteiger partial charge on any atom is -0.419 e. The van der Waals surface area contributed by atoms with Crippen LogP contribution in [0.1, 0.15) is 30.3 Å². The second-order valence-corrected chi connectivity index (χ2v) is 6.62. The average molecular weight is 356 g/mol. The lowest BCUT2D eigenvalue weighted by Crippen LogP contribution is -2.12. The molecule has 1 saturated heterocycles. The van der Waals surface area contributed by atoms with Gasteiger partial charge >= 0.3 is 0 Å². The lowest BCUT2D eigenvalue weighted by Gasteiger charge is -2.02. The number of rotatable bonds is 3. The van der Waals surface area contributed by atoms with Crippen molar-refractivity contribution in [1.29, 1.82) is 5.26 Å². The van der Waals surface area contributed by atoms with Crippen LogP contribution in [0.2, 0.25) is 0 Å². The van der Waals surface area contributed by atoms with Crippen molar-refractivity contribution >= 4 is 10.9 Å². The van der Waals surface area contributed by atoms with Crippen LogP contribution >= 0.6 is 0 Å². The summed E-state index contributed by atoms with van der Waals surface area (Å²) in [5.41, 5.74) is 4.18. The van der Waals surface area contributed by atoms with Crippen molar-refractivity contribution in [3.63, 3.8) is 0 Å². The van der Waals surface area contributed by atoms with Crippen molar-refractivity contribution in [1.82, 2.24) is 25.7 Å². The molecule has 1 fully saturated rings. The van der Waals surface area contributed by atoms with Crippen LogP contribution < -0.4 is 5.32 Å². The Morgan fingerprint density at radius 2 is 1.93 bits per heavy atom. The van der Waals surface area contributed by atoms with Gasteiger partial charge in [0, 0.05) is 16.5 Å². The third-order valence-corrected chi connectivity index (χ3v) is 4.90. The first-order chi connectivity index (χ1) is 13.3. The smallest absolute Gasteiger partial charge is 0.247 e. The largest absolute Gasteiger partial charge is 0.419 e. The zero-order valence-electron chi connectivity index (χ0n) is 14.4. The maximum Gasteiger partial charge on any atom is 0.247 e. The Labute approximate surface area is 155 Å². The molecule has 0 amide bonds. The molecule has 0 radical (unpaired) electrons. The van der Waals surface area contributed by atoms with Gasteiger partial charge in [0.15, 0.2) is 0 Å². The van der Waals surface area contributed by atoms with E-state index in [1.54, 1.807) is 12.1 Å². The maximum atomic E-state index is 8.97. The topological polar surface area (TPSA) is 103 Å². The minimum absolute atomic E-state index is 0.151. The van der Waals surface area contributed by atoms with Crippen molar-refractivity contribution < 1.29 is 4.42 Å². The molecule has 5 rings (SSSR count). The number of nitrogens with zero attached hydrogens (tertiary/aromatic N) is 4. The Balaban J connectivity index is 1.54. The third-order valence-electron chi connectivity index (χ3n) is 4.90. The van der Waals surface area contributed by atoms with Crippen LogP contribution in [-0.2, 0) is 0 Å². The number of H-pyrrole nitrogens is 1. The number of aromatic nitrogens is 4. The van der Waals surface area contributed by atoms with Crippen molar-refractivity contribution in [2.24, 2.45) is 0 Å². The summed E-state index contributed by atoms with van der Waals surface area (Å²) in [7, 11) is 0. The molecule has 2 aromatic heterocycles. The summed E-state index contributed by atoms with van der Waals surface area (Å²) >= 11 is 0. The Kier molecular flexibility index (Phi) is 3.69.